The second-order valence-electron chi connectivity index (χ2n) is 7.17. The van der Waals surface area contributed by atoms with E-state index in [0.717, 1.165) is 56.7 Å². The highest BCUT2D eigenvalue weighted by Gasteiger charge is 2.21. The van der Waals surface area contributed by atoms with E-state index < -0.39 is 0 Å². The highest BCUT2D eigenvalue weighted by atomic mass is 15.3. The third-order valence-electron chi connectivity index (χ3n) is 5.19. The molecule has 2 aliphatic heterocycles. The number of aryl methyl sites for hydroxylation is 2. The van der Waals surface area contributed by atoms with Crippen LogP contribution in [0, 0.1) is 13.8 Å². The van der Waals surface area contributed by atoms with Gasteiger partial charge in [0.2, 0.25) is 5.95 Å². The molecule has 4 rings (SSSR count). The molecule has 0 bridgehead atoms. The maximum absolute atomic E-state index is 4.87. The van der Waals surface area contributed by atoms with Crippen LogP contribution in [0.4, 0.5) is 17.5 Å². The largest absolute Gasteiger partial charge is 0.368 e. The fraction of sp³-hybridized carbons (Fsp3) is 0.500. The quantitative estimate of drug-likeness (QED) is 0.860. The predicted octanol–water partition coefficient (Wildman–Crippen LogP) is 3.02. The lowest BCUT2D eigenvalue weighted by molar-refractivity contribution is 0.645. The van der Waals surface area contributed by atoms with Crippen molar-refractivity contribution < 1.29 is 0 Å². The van der Waals surface area contributed by atoms with Gasteiger partial charge in [-0.25, -0.2) is 4.98 Å². The topological polar surface area (TPSA) is 35.5 Å². The van der Waals surface area contributed by atoms with E-state index in [-0.39, 0.29) is 0 Å². The smallest absolute Gasteiger partial charge is 0.227 e. The van der Waals surface area contributed by atoms with E-state index in [0.29, 0.717) is 0 Å². The van der Waals surface area contributed by atoms with Crippen LogP contribution in [-0.4, -0.2) is 49.2 Å². The van der Waals surface area contributed by atoms with Gasteiger partial charge in [-0.05, 0) is 44.4 Å². The maximum Gasteiger partial charge on any atom is 0.227 e. The minimum Gasteiger partial charge on any atom is -0.368 e. The van der Waals surface area contributed by atoms with Crippen LogP contribution >= 0.6 is 0 Å². The molecule has 1 aromatic heterocycles. The monoisotopic (exact) mass is 337 g/mol. The van der Waals surface area contributed by atoms with E-state index in [4.69, 9.17) is 4.98 Å². The summed E-state index contributed by atoms with van der Waals surface area (Å²) in [7, 11) is 0. The van der Waals surface area contributed by atoms with Crippen molar-refractivity contribution in [1.82, 2.24) is 9.97 Å². The summed E-state index contributed by atoms with van der Waals surface area (Å²) in [6.45, 7) is 10.5. The van der Waals surface area contributed by atoms with Gasteiger partial charge in [0.25, 0.3) is 0 Å². The lowest BCUT2D eigenvalue weighted by atomic mass is 10.2. The number of nitrogens with zero attached hydrogens (tertiary/aromatic N) is 5. The Labute approximate surface area is 150 Å². The molecule has 2 fully saturated rings. The molecule has 0 radical (unpaired) electrons. The number of benzene rings is 1. The lowest BCUT2D eigenvalue weighted by Crippen LogP contribution is -2.47. The van der Waals surface area contributed by atoms with Crippen LogP contribution in [0.5, 0.6) is 0 Å². The Hall–Kier alpha value is -2.30. The van der Waals surface area contributed by atoms with E-state index in [1.54, 1.807) is 0 Å². The van der Waals surface area contributed by atoms with Gasteiger partial charge in [0.15, 0.2) is 0 Å². The van der Waals surface area contributed by atoms with Crippen LogP contribution in [-0.2, 0) is 0 Å². The number of hydrogen-bond acceptors (Lipinski definition) is 5. The Bertz CT molecular complexity index is 731. The Morgan fingerprint density at radius 3 is 2.20 bits per heavy atom. The summed E-state index contributed by atoms with van der Waals surface area (Å²) in [6, 6.07) is 10.9. The summed E-state index contributed by atoms with van der Waals surface area (Å²) >= 11 is 0. The van der Waals surface area contributed by atoms with Crippen molar-refractivity contribution in [3.05, 3.63) is 41.6 Å². The molecule has 3 heterocycles. The van der Waals surface area contributed by atoms with Crippen molar-refractivity contribution in [2.75, 3.05) is 54.0 Å². The molecule has 25 heavy (non-hydrogen) atoms. The van der Waals surface area contributed by atoms with Gasteiger partial charge in [0, 0.05) is 56.7 Å². The predicted molar refractivity (Wildman–Crippen MR) is 104 cm³/mol. The van der Waals surface area contributed by atoms with Crippen molar-refractivity contribution in [1.29, 1.82) is 0 Å². The van der Waals surface area contributed by atoms with Gasteiger partial charge >= 0.3 is 0 Å². The molecule has 132 valence electrons. The zero-order valence-electron chi connectivity index (χ0n) is 15.3. The molecular formula is C20H27N5. The third-order valence-corrected chi connectivity index (χ3v) is 5.19. The standard InChI is InChI=1S/C20H27N5/c1-16-6-5-7-18(14-16)23-10-12-24(13-11-23)19-15-17(2)21-20(22-19)25-8-3-4-9-25/h5-7,14-15H,3-4,8-13H2,1-2H3. The van der Waals surface area contributed by atoms with Crippen molar-refractivity contribution in [3.8, 4) is 0 Å². The molecule has 0 aliphatic carbocycles. The molecule has 0 saturated carbocycles. The average molecular weight is 337 g/mol. The first-order chi connectivity index (χ1) is 12.2. The summed E-state index contributed by atoms with van der Waals surface area (Å²) in [5, 5.41) is 0. The van der Waals surface area contributed by atoms with Gasteiger partial charge in [-0.15, -0.1) is 0 Å². The second-order valence-corrected chi connectivity index (χ2v) is 7.17. The average Bonchev–Trinajstić information content (AvgIpc) is 3.16. The van der Waals surface area contributed by atoms with E-state index >= 15 is 0 Å². The Morgan fingerprint density at radius 1 is 0.760 bits per heavy atom. The van der Waals surface area contributed by atoms with E-state index in [1.807, 2.05) is 0 Å². The van der Waals surface area contributed by atoms with Gasteiger partial charge in [-0.2, -0.15) is 4.98 Å². The first kappa shape index (κ1) is 16.2. The SMILES string of the molecule is Cc1cccc(N2CCN(c3cc(C)nc(N4CCCC4)n3)CC2)c1. The molecule has 1 aromatic carbocycles. The maximum atomic E-state index is 4.87. The van der Waals surface area contributed by atoms with E-state index in [2.05, 4.69) is 63.9 Å². The highest BCUT2D eigenvalue weighted by molar-refractivity contribution is 5.52. The van der Waals surface area contributed by atoms with Gasteiger partial charge < -0.3 is 14.7 Å². The molecule has 0 spiro atoms. The van der Waals surface area contributed by atoms with Crippen LogP contribution in [0.2, 0.25) is 0 Å². The number of rotatable bonds is 3. The van der Waals surface area contributed by atoms with Crippen molar-refractivity contribution in [2.45, 2.75) is 26.7 Å². The number of aromatic nitrogens is 2. The Balaban J connectivity index is 1.47. The molecule has 5 heteroatoms. The van der Waals surface area contributed by atoms with Crippen molar-refractivity contribution in [2.24, 2.45) is 0 Å². The van der Waals surface area contributed by atoms with Gasteiger partial charge in [-0.1, -0.05) is 12.1 Å². The highest BCUT2D eigenvalue weighted by Crippen LogP contribution is 2.23. The second kappa shape index (κ2) is 6.90. The number of hydrogen-bond donors (Lipinski definition) is 0. The van der Waals surface area contributed by atoms with Gasteiger partial charge in [0.05, 0.1) is 0 Å². The molecular weight excluding hydrogens is 310 g/mol. The minimum atomic E-state index is 0.911. The normalized spacial score (nSPS) is 18.1. The fourth-order valence-electron chi connectivity index (χ4n) is 3.78. The molecule has 2 aromatic rings. The molecule has 0 unspecified atom stereocenters. The van der Waals surface area contributed by atoms with Crippen molar-refractivity contribution in [3.63, 3.8) is 0 Å². The minimum absolute atomic E-state index is 0.911. The molecule has 0 atom stereocenters. The Kier molecular flexibility index (Phi) is 4.47. The fourth-order valence-corrected chi connectivity index (χ4v) is 3.78. The first-order valence-electron chi connectivity index (χ1n) is 9.36. The van der Waals surface area contributed by atoms with Crippen molar-refractivity contribution >= 4 is 17.5 Å². The zero-order chi connectivity index (χ0) is 17.2. The summed E-state index contributed by atoms with van der Waals surface area (Å²) in [4.78, 5) is 16.7. The van der Waals surface area contributed by atoms with E-state index in [9.17, 15) is 0 Å². The van der Waals surface area contributed by atoms with Crippen LogP contribution < -0.4 is 14.7 Å². The summed E-state index contributed by atoms with van der Waals surface area (Å²) in [5.74, 6) is 1.99. The summed E-state index contributed by atoms with van der Waals surface area (Å²) in [6.07, 6.45) is 2.50. The Morgan fingerprint density at radius 2 is 1.48 bits per heavy atom. The van der Waals surface area contributed by atoms with Crippen LogP contribution in [0.15, 0.2) is 30.3 Å². The molecule has 5 nitrogen and oxygen atoms in total. The molecule has 0 N–H and O–H groups in total. The zero-order valence-corrected chi connectivity index (χ0v) is 15.3. The van der Waals surface area contributed by atoms with Gasteiger partial charge in [-0.3, -0.25) is 0 Å². The van der Waals surface area contributed by atoms with Crippen LogP contribution in [0.3, 0.4) is 0 Å². The van der Waals surface area contributed by atoms with Gasteiger partial charge in [0.1, 0.15) is 5.82 Å². The van der Waals surface area contributed by atoms with E-state index in [1.165, 1.54) is 24.1 Å². The number of anilines is 3. The number of piperazine rings is 1. The van der Waals surface area contributed by atoms with Crippen LogP contribution in [0.1, 0.15) is 24.1 Å². The lowest BCUT2D eigenvalue weighted by Gasteiger charge is -2.37. The molecule has 0 amide bonds. The first-order valence-corrected chi connectivity index (χ1v) is 9.36. The molecule has 2 saturated heterocycles. The van der Waals surface area contributed by atoms with Crippen LogP contribution in [0.25, 0.3) is 0 Å². The molecule has 2 aliphatic rings. The third kappa shape index (κ3) is 3.55. The summed E-state index contributed by atoms with van der Waals surface area (Å²) < 4.78 is 0. The summed E-state index contributed by atoms with van der Waals surface area (Å²) in [5.41, 5.74) is 3.71.